The van der Waals surface area contributed by atoms with Crippen LogP contribution in [0.3, 0.4) is 0 Å². The Bertz CT molecular complexity index is 530. The largest absolute Gasteiger partial charge is 0.419 e. The highest BCUT2D eigenvalue weighted by Crippen LogP contribution is 2.34. The summed E-state index contributed by atoms with van der Waals surface area (Å²) in [6, 6.07) is 1.01. The minimum atomic E-state index is -4.58. The summed E-state index contributed by atoms with van der Waals surface area (Å²) < 4.78 is 38.2. The van der Waals surface area contributed by atoms with Crippen molar-refractivity contribution in [3.8, 4) is 0 Å². The molecule has 1 atom stereocenters. The summed E-state index contributed by atoms with van der Waals surface area (Å²) >= 11 is 0. The molecule has 0 spiro atoms. The molecule has 1 aliphatic heterocycles. The third kappa shape index (κ3) is 2.51. The lowest BCUT2D eigenvalue weighted by Gasteiger charge is -2.16. The van der Waals surface area contributed by atoms with Gasteiger partial charge < -0.3 is 5.32 Å². The number of likely N-dealkylation sites (N-methyl/N-ethyl adjacent to an activating group) is 1. The second-order valence-electron chi connectivity index (χ2n) is 4.09. The van der Waals surface area contributed by atoms with Gasteiger partial charge in [0.25, 0.3) is 5.91 Å². The molecule has 1 aromatic rings. The summed E-state index contributed by atoms with van der Waals surface area (Å²) in [5, 5.41) is 2.38. The maximum atomic E-state index is 12.7. The van der Waals surface area contributed by atoms with Gasteiger partial charge in [-0.3, -0.25) is 14.5 Å². The smallest absolute Gasteiger partial charge is 0.357 e. The highest BCUT2D eigenvalue weighted by atomic mass is 19.4. The molecule has 0 aliphatic carbocycles. The molecule has 0 bridgehead atoms. The molecule has 0 aromatic carbocycles. The molecule has 0 radical (unpaired) electrons. The Labute approximate surface area is 106 Å². The monoisotopic (exact) mass is 273 g/mol. The standard InChI is InChI=1S/C11H10F3N3O2/c1-17-8(18)5-7(10(17)19)16-9-6(11(12,13)14)3-2-4-15-9/h2-4,7H,5H2,1H3,(H,15,16). The fourth-order valence-corrected chi connectivity index (χ4v) is 1.78. The van der Waals surface area contributed by atoms with Gasteiger partial charge in [0.05, 0.1) is 12.0 Å². The van der Waals surface area contributed by atoms with E-state index in [0.29, 0.717) is 0 Å². The Kier molecular flexibility index (Phi) is 3.17. The first-order valence-corrected chi connectivity index (χ1v) is 5.40. The number of hydrogen-bond donors (Lipinski definition) is 1. The van der Waals surface area contributed by atoms with Gasteiger partial charge in [0.1, 0.15) is 11.9 Å². The number of anilines is 1. The summed E-state index contributed by atoms with van der Waals surface area (Å²) in [5.41, 5.74) is -0.968. The van der Waals surface area contributed by atoms with Crippen LogP contribution >= 0.6 is 0 Å². The first kappa shape index (κ1) is 13.3. The number of amides is 2. The fourth-order valence-electron chi connectivity index (χ4n) is 1.78. The van der Waals surface area contributed by atoms with Crippen LogP contribution in [-0.4, -0.2) is 34.8 Å². The van der Waals surface area contributed by atoms with E-state index in [1.165, 1.54) is 13.2 Å². The van der Waals surface area contributed by atoms with Crippen LogP contribution in [-0.2, 0) is 15.8 Å². The van der Waals surface area contributed by atoms with Crippen LogP contribution in [0.1, 0.15) is 12.0 Å². The third-order valence-electron chi connectivity index (χ3n) is 2.81. The number of hydrogen-bond acceptors (Lipinski definition) is 4. The van der Waals surface area contributed by atoms with E-state index in [2.05, 4.69) is 10.3 Å². The number of carbonyl (C=O) groups excluding carboxylic acids is 2. The Hall–Kier alpha value is -2.12. The van der Waals surface area contributed by atoms with Crippen LogP contribution in [0, 0.1) is 0 Å². The molecule has 5 nitrogen and oxygen atoms in total. The summed E-state index contributed by atoms with van der Waals surface area (Å²) in [6.45, 7) is 0. The average Bonchev–Trinajstić information content (AvgIpc) is 2.56. The van der Waals surface area contributed by atoms with Crippen LogP contribution in [0.5, 0.6) is 0 Å². The van der Waals surface area contributed by atoms with Gasteiger partial charge in [-0.05, 0) is 12.1 Å². The van der Waals surface area contributed by atoms with Crippen molar-refractivity contribution < 1.29 is 22.8 Å². The van der Waals surface area contributed by atoms with Crippen molar-refractivity contribution in [1.29, 1.82) is 0 Å². The van der Waals surface area contributed by atoms with Crippen molar-refractivity contribution in [3.63, 3.8) is 0 Å². The number of alkyl halides is 3. The molecule has 1 aliphatic rings. The van der Waals surface area contributed by atoms with E-state index in [1.54, 1.807) is 0 Å². The highest BCUT2D eigenvalue weighted by Gasteiger charge is 2.39. The SMILES string of the molecule is CN1C(=O)CC(Nc2ncccc2C(F)(F)F)C1=O. The van der Waals surface area contributed by atoms with Gasteiger partial charge in [-0.1, -0.05) is 0 Å². The minimum Gasteiger partial charge on any atom is -0.357 e. The molecule has 1 N–H and O–H groups in total. The number of carbonyl (C=O) groups is 2. The predicted octanol–water partition coefficient (Wildman–Crippen LogP) is 1.27. The molecule has 2 rings (SSSR count). The van der Waals surface area contributed by atoms with Crippen LogP contribution in [0.2, 0.25) is 0 Å². The van der Waals surface area contributed by atoms with Gasteiger partial charge in [0.15, 0.2) is 0 Å². The van der Waals surface area contributed by atoms with E-state index in [9.17, 15) is 22.8 Å². The summed E-state index contributed by atoms with van der Waals surface area (Å²) in [7, 11) is 1.29. The summed E-state index contributed by atoms with van der Waals surface area (Å²) in [5.74, 6) is -1.45. The average molecular weight is 273 g/mol. The lowest BCUT2D eigenvalue weighted by molar-refractivity contribution is -0.138. The molecule has 1 aromatic heterocycles. The molecular weight excluding hydrogens is 263 g/mol. The fraction of sp³-hybridized carbons (Fsp3) is 0.364. The second-order valence-corrected chi connectivity index (χ2v) is 4.09. The van der Waals surface area contributed by atoms with Crippen LogP contribution in [0.4, 0.5) is 19.0 Å². The lowest BCUT2D eigenvalue weighted by Crippen LogP contribution is -2.32. The number of imide groups is 1. The lowest BCUT2D eigenvalue weighted by atomic mass is 10.2. The van der Waals surface area contributed by atoms with Crippen LogP contribution < -0.4 is 5.32 Å². The van der Waals surface area contributed by atoms with Crippen molar-refractivity contribution in [2.24, 2.45) is 0 Å². The van der Waals surface area contributed by atoms with Gasteiger partial charge in [0.2, 0.25) is 5.91 Å². The number of pyridine rings is 1. The molecule has 2 amide bonds. The molecule has 2 heterocycles. The molecule has 8 heteroatoms. The molecule has 1 unspecified atom stereocenters. The predicted molar refractivity (Wildman–Crippen MR) is 59.0 cm³/mol. The topological polar surface area (TPSA) is 62.3 Å². The van der Waals surface area contributed by atoms with E-state index in [1.807, 2.05) is 0 Å². The molecule has 0 saturated carbocycles. The number of aromatic nitrogens is 1. The van der Waals surface area contributed by atoms with Gasteiger partial charge in [-0.2, -0.15) is 13.2 Å². The van der Waals surface area contributed by atoms with Crippen molar-refractivity contribution >= 4 is 17.6 Å². The van der Waals surface area contributed by atoms with E-state index in [-0.39, 0.29) is 6.42 Å². The van der Waals surface area contributed by atoms with Crippen molar-refractivity contribution in [1.82, 2.24) is 9.88 Å². The first-order chi connectivity index (χ1) is 8.80. The third-order valence-corrected chi connectivity index (χ3v) is 2.81. The van der Waals surface area contributed by atoms with Gasteiger partial charge >= 0.3 is 6.18 Å². The van der Waals surface area contributed by atoms with E-state index in [4.69, 9.17) is 0 Å². The number of rotatable bonds is 2. The zero-order valence-electron chi connectivity index (χ0n) is 9.86. The van der Waals surface area contributed by atoms with Gasteiger partial charge in [-0.25, -0.2) is 4.98 Å². The van der Waals surface area contributed by atoms with Crippen molar-refractivity contribution in [2.45, 2.75) is 18.6 Å². The Morgan fingerprint density at radius 2 is 2.11 bits per heavy atom. The Balaban J connectivity index is 2.26. The van der Waals surface area contributed by atoms with Gasteiger partial charge in [0, 0.05) is 13.2 Å². The number of likely N-dealkylation sites (tertiary alicyclic amines) is 1. The van der Waals surface area contributed by atoms with E-state index < -0.39 is 35.4 Å². The van der Waals surface area contributed by atoms with Crippen molar-refractivity contribution in [3.05, 3.63) is 23.9 Å². The van der Waals surface area contributed by atoms with Gasteiger partial charge in [-0.15, -0.1) is 0 Å². The number of halogens is 3. The van der Waals surface area contributed by atoms with Crippen molar-refractivity contribution in [2.75, 3.05) is 12.4 Å². The molecule has 1 fully saturated rings. The normalized spacial score (nSPS) is 20.0. The first-order valence-electron chi connectivity index (χ1n) is 5.40. The van der Waals surface area contributed by atoms with E-state index in [0.717, 1.165) is 17.0 Å². The summed E-state index contributed by atoms with van der Waals surface area (Å²) in [4.78, 5) is 27.4. The Morgan fingerprint density at radius 1 is 1.42 bits per heavy atom. The zero-order chi connectivity index (χ0) is 14.2. The highest BCUT2D eigenvalue weighted by molar-refractivity contribution is 6.06. The number of nitrogens with zero attached hydrogens (tertiary/aromatic N) is 2. The maximum absolute atomic E-state index is 12.7. The quantitative estimate of drug-likeness (QED) is 0.824. The van der Waals surface area contributed by atoms with Crippen LogP contribution in [0.15, 0.2) is 18.3 Å². The number of nitrogens with one attached hydrogen (secondary N) is 1. The minimum absolute atomic E-state index is 0.177. The van der Waals surface area contributed by atoms with Crippen LogP contribution in [0.25, 0.3) is 0 Å². The molecule has 19 heavy (non-hydrogen) atoms. The molecule has 1 saturated heterocycles. The van der Waals surface area contributed by atoms with E-state index >= 15 is 0 Å². The molecule has 102 valence electrons. The maximum Gasteiger partial charge on any atom is 0.419 e. The second kappa shape index (κ2) is 4.52. The molecular formula is C11H10F3N3O2. The Morgan fingerprint density at radius 3 is 2.63 bits per heavy atom. The summed E-state index contributed by atoms with van der Waals surface area (Å²) in [6.07, 6.45) is -3.57. The zero-order valence-corrected chi connectivity index (χ0v) is 9.86.